The van der Waals surface area contributed by atoms with Crippen molar-refractivity contribution in [2.75, 3.05) is 18.5 Å². The van der Waals surface area contributed by atoms with E-state index in [1.54, 1.807) is 26.2 Å². The Balaban J connectivity index is 1.26. The number of anilines is 1. The van der Waals surface area contributed by atoms with E-state index in [0.29, 0.717) is 53.1 Å². The Hall–Kier alpha value is -4.51. The van der Waals surface area contributed by atoms with Gasteiger partial charge in [-0.1, -0.05) is 53.2 Å². The van der Waals surface area contributed by atoms with Crippen LogP contribution in [0.15, 0.2) is 59.4 Å². The molecule has 2 aliphatic heterocycles. The normalized spacial score (nSPS) is 17.3. The van der Waals surface area contributed by atoms with E-state index in [9.17, 15) is 9.59 Å². The number of carbonyl (C=O) groups is 2. The van der Waals surface area contributed by atoms with Crippen molar-refractivity contribution >= 4 is 40.0 Å². The SMILES string of the molecule is CN1C(=O)[C@@H](N2CCc3c(nn(Cc4ccccc4)c3Cl)C2=O)Cc2nn(-c3cnon3)c3cccc1c23. The zero-order valence-electron chi connectivity index (χ0n) is 20.3. The molecule has 0 fully saturated rings. The summed E-state index contributed by atoms with van der Waals surface area (Å²) in [5.74, 6) is -0.0624. The van der Waals surface area contributed by atoms with Crippen molar-refractivity contribution in [2.45, 2.75) is 25.4 Å². The van der Waals surface area contributed by atoms with Gasteiger partial charge in [0.15, 0.2) is 5.69 Å². The van der Waals surface area contributed by atoms with Crippen LogP contribution in [0.2, 0.25) is 5.15 Å². The topological polar surface area (TPSA) is 115 Å². The van der Waals surface area contributed by atoms with Crippen molar-refractivity contribution in [2.24, 2.45) is 0 Å². The van der Waals surface area contributed by atoms with E-state index in [0.717, 1.165) is 16.5 Å². The summed E-state index contributed by atoms with van der Waals surface area (Å²) in [6.07, 6.45) is 2.23. The summed E-state index contributed by atoms with van der Waals surface area (Å²) in [6, 6.07) is 14.7. The van der Waals surface area contributed by atoms with Gasteiger partial charge in [-0.2, -0.15) is 10.2 Å². The maximum absolute atomic E-state index is 13.8. The molecule has 0 saturated heterocycles. The van der Waals surface area contributed by atoms with Gasteiger partial charge in [0.05, 0.1) is 23.4 Å². The minimum absolute atomic E-state index is 0.184. The van der Waals surface area contributed by atoms with Crippen LogP contribution in [0.5, 0.6) is 0 Å². The molecule has 190 valence electrons. The predicted octanol–water partition coefficient (Wildman–Crippen LogP) is 2.89. The minimum Gasteiger partial charge on any atom is -0.324 e. The first-order valence-corrected chi connectivity index (χ1v) is 12.5. The molecule has 7 rings (SSSR count). The van der Waals surface area contributed by atoms with Crippen LogP contribution in [0.25, 0.3) is 16.7 Å². The molecule has 12 heteroatoms. The Morgan fingerprint density at radius 3 is 2.71 bits per heavy atom. The number of hydrogen-bond donors (Lipinski definition) is 0. The van der Waals surface area contributed by atoms with Gasteiger partial charge < -0.3 is 9.80 Å². The quantitative estimate of drug-likeness (QED) is 0.352. The van der Waals surface area contributed by atoms with Gasteiger partial charge in [-0.05, 0) is 29.3 Å². The summed E-state index contributed by atoms with van der Waals surface area (Å²) in [4.78, 5) is 30.7. The fourth-order valence-corrected chi connectivity index (χ4v) is 5.71. The number of rotatable bonds is 4. The highest BCUT2D eigenvalue weighted by molar-refractivity contribution is 6.31. The first-order chi connectivity index (χ1) is 18.5. The molecule has 0 unspecified atom stereocenters. The van der Waals surface area contributed by atoms with Gasteiger partial charge in [0, 0.05) is 31.0 Å². The lowest BCUT2D eigenvalue weighted by molar-refractivity contribution is -0.122. The van der Waals surface area contributed by atoms with Crippen LogP contribution in [0.3, 0.4) is 0 Å². The molecular weight excluding hydrogens is 508 g/mol. The largest absolute Gasteiger partial charge is 0.324 e. The Morgan fingerprint density at radius 1 is 1.08 bits per heavy atom. The molecular formula is C26H21ClN8O3. The van der Waals surface area contributed by atoms with Crippen molar-refractivity contribution in [3.8, 4) is 5.82 Å². The summed E-state index contributed by atoms with van der Waals surface area (Å²) in [5.41, 5.74) is 4.21. The van der Waals surface area contributed by atoms with Gasteiger partial charge in [0.2, 0.25) is 11.7 Å². The van der Waals surface area contributed by atoms with Crippen molar-refractivity contribution in [1.82, 2.24) is 34.8 Å². The lowest BCUT2D eigenvalue weighted by Gasteiger charge is -2.34. The van der Waals surface area contributed by atoms with Crippen LogP contribution < -0.4 is 4.90 Å². The van der Waals surface area contributed by atoms with Crippen LogP contribution in [0.1, 0.15) is 27.3 Å². The van der Waals surface area contributed by atoms with E-state index in [1.807, 2.05) is 48.5 Å². The number of fused-ring (bicyclic) bond motifs is 1. The highest BCUT2D eigenvalue weighted by Crippen LogP contribution is 2.36. The fourth-order valence-electron chi connectivity index (χ4n) is 5.43. The average Bonchev–Trinajstić information content (AvgIpc) is 3.65. The molecule has 0 bridgehead atoms. The Kier molecular flexibility index (Phi) is 5.08. The summed E-state index contributed by atoms with van der Waals surface area (Å²) < 4.78 is 8.08. The second-order valence-corrected chi connectivity index (χ2v) is 9.78. The Morgan fingerprint density at radius 2 is 1.92 bits per heavy atom. The standard InChI is InChI=1S/C26H21ClN8O3/c1-32-18-8-5-9-19-22(18)17(29-35(19)21-13-28-38-31-21)12-20(25(32)36)33-11-10-16-23(26(33)37)30-34(24(16)27)14-15-6-3-2-4-7-15/h2-9,13,20H,10-12,14H2,1H3/t20-/m0/s1. The van der Waals surface area contributed by atoms with Gasteiger partial charge >= 0.3 is 0 Å². The lowest BCUT2D eigenvalue weighted by Crippen LogP contribution is -2.53. The molecule has 38 heavy (non-hydrogen) atoms. The first-order valence-electron chi connectivity index (χ1n) is 12.2. The lowest BCUT2D eigenvalue weighted by atomic mass is 10.0. The van der Waals surface area contributed by atoms with Gasteiger partial charge in [-0.3, -0.25) is 9.59 Å². The third-order valence-corrected chi connectivity index (χ3v) is 7.71. The van der Waals surface area contributed by atoms with E-state index in [1.165, 1.54) is 6.20 Å². The van der Waals surface area contributed by atoms with E-state index in [-0.39, 0.29) is 18.2 Å². The predicted molar refractivity (Wildman–Crippen MR) is 137 cm³/mol. The number of hydrogen-bond acceptors (Lipinski definition) is 7. The van der Waals surface area contributed by atoms with Gasteiger partial charge in [0.25, 0.3) is 5.91 Å². The van der Waals surface area contributed by atoms with Gasteiger partial charge in [0.1, 0.15) is 17.4 Å². The third kappa shape index (κ3) is 3.35. The second-order valence-electron chi connectivity index (χ2n) is 9.42. The molecule has 0 saturated carbocycles. The monoisotopic (exact) mass is 528 g/mol. The molecule has 2 aromatic carbocycles. The number of nitrogens with zero attached hydrogens (tertiary/aromatic N) is 8. The van der Waals surface area contributed by atoms with Crippen molar-refractivity contribution in [3.63, 3.8) is 0 Å². The molecule has 0 spiro atoms. The number of benzene rings is 2. The zero-order valence-corrected chi connectivity index (χ0v) is 21.0. The van der Waals surface area contributed by atoms with Crippen molar-refractivity contribution in [3.05, 3.63) is 82.4 Å². The number of aromatic nitrogens is 6. The van der Waals surface area contributed by atoms with E-state index < -0.39 is 6.04 Å². The number of amides is 2. The highest BCUT2D eigenvalue weighted by atomic mass is 35.5. The summed E-state index contributed by atoms with van der Waals surface area (Å²) in [7, 11) is 1.72. The third-order valence-electron chi connectivity index (χ3n) is 7.29. The van der Waals surface area contributed by atoms with Crippen LogP contribution in [0, 0.1) is 0 Å². The number of carbonyl (C=O) groups excluding carboxylic acids is 2. The van der Waals surface area contributed by atoms with Crippen LogP contribution in [-0.4, -0.2) is 66.2 Å². The smallest absolute Gasteiger partial charge is 0.275 e. The summed E-state index contributed by atoms with van der Waals surface area (Å²) in [6.45, 7) is 0.799. The Labute approximate surface area is 221 Å². The maximum atomic E-state index is 13.8. The molecule has 11 nitrogen and oxygen atoms in total. The number of likely N-dealkylation sites (N-methyl/N-ethyl adjacent to an activating group) is 1. The van der Waals surface area contributed by atoms with Crippen LogP contribution >= 0.6 is 11.6 Å². The van der Waals surface area contributed by atoms with Crippen molar-refractivity contribution in [1.29, 1.82) is 0 Å². The molecule has 1 atom stereocenters. The van der Waals surface area contributed by atoms with Crippen molar-refractivity contribution < 1.29 is 14.2 Å². The molecule has 2 amide bonds. The highest BCUT2D eigenvalue weighted by Gasteiger charge is 2.41. The molecule has 0 radical (unpaired) electrons. The first kappa shape index (κ1) is 22.7. The van der Waals surface area contributed by atoms with Gasteiger partial charge in [-0.25, -0.2) is 14.0 Å². The van der Waals surface area contributed by atoms with E-state index >= 15 is 0 Å². The molecule has 5 heterocycles. The minimum atomic E-state index is -0.756. The van der Waals surface area contributed by atoms with Crippen LogP contribution in [0.4, 0.5) is 5.69 Å². The molecule has 0 aliphatic carbocycles. The van der Waals surface area contributed by atoms with Gasteiger partial charge in [-0.15, -0.1) is 0 Å². The second kappa shape index (κ2) is 8.52. The Bertz CT molecular complexity index is 1710. The number of halogens is 1. The summed E-state index contributed by atoms with van der Waals surface area (Å²) >= 11 is 6.66. The van der Waals surface area contributed by atoms with E-state index in [2.05, 4.69) is 15.4 Å². The molecule has 5 aromatic rings. The van der Waals surface area contributed by atoms with Crippen LogP contribution in [-0.2, 0) is 24.2 Å². The fraction of sp³-hybridized carbons (Fsp3) is 0.231. The summed E-state index contributed by atoms with van der Waals surface area (Å²) in [5, 5.41) is 18.2. The molecule has 3 aromatic heterocycles. The zero-order chi connectivity index (χ0) is 26.0. The molecule has 0 N–H and O–H groups in total. The average molecular weight is 529 g/mol. The molecule has 2 aliphatic rings. The maximum Gasteiger partial charge on any atom is 0.275 e. The van der Waals surface area contributed by atoms with E-state index in [4.69, 9.17) is 21.3 Å².